The number of aromatic nitrogens is 1. The molecule has 0 aliphatic heterocycles. The molecule has 0 saturated heterocycles. The summed E-state index contributed by atoms with van der Waals surface area (Å²) >= 11 is 5.99. The summed E-state index contributed by atoms with van der Waals surface area (Å²) in [5.41, 5.74) is 1.21. The van der Waals surface area contributed by atoms with Crippen LogP contribution in [0.15, 0.2) is 34.9 Å². The van der Waals surface area contributed by atoms with Gasteiger partial charge in [0.1, 0.15) is 11.5 Å². The Bertz CT molecular complexity index is 566. The molecule has 0 atom stereocenters. The van der Waals surface area contributed by atoms with E-state index < -0.39 is 0 Å². The highest BCUT2D eigenvalue weighted by Crippen LogP contribution is 2.17. The standard InChI is InChI=1S/C13H13ClN2O2/c1-9-7-10(15-18-9)8-16(2)13(17)11-5-3-4-6-12(11)14/h3-7H,8H2,1-2H3. The van der Waals surface area contributed by atoms with Crippen LogP contribution in [-0.2, 0) is 6.54 Å². The van der Waals surface area contributed by atoms with Crippen molar-refractivity contribution in [2.45, 2.75) is 13.5 Å². The largest absolute Gasteiger partial charge is 0.361 e. The summed E-state index contributed by atoms with van der Waals surface area (Å²) in [5.74, 6) is 0.588. The van der Waals surface area contributed by atoms with Crippen LogP contribution < -0.4 is 0 Å². The van der Waals surface area contributed by atoms with Gasteiger partial charge in [-0.15, -0.1) is 0 Å². The molecule has 0 aliphatic rings. The molecule has 94 valence electrons. The van der Waals surface area contributed by atoms with E-state index in [9.17, 15) is 4.79 Å². The van der Waals surface area contributed by atoms with Crippen LogP contribution in [0.5, 0.6) is 0 Å². The van der Waals surface area contributed by atoms with Crippen LogP contribution in [-0.4, -0.2) is 23.0 Å². The normalized spacial score (nSPS) is 10.4. The lowest BCUT2D eigenvalue weighted by molar-refractivity contribution is 0.0782. The van der Waals surface area contributed by atoms with Crippen LogP contribution >= 0.6 is 11.6 Å². The molecule has 0 aliphatic carbocycles. The molecule has 1 amide bonds. The van der Waals surface area contributed by atoms with E-state index in [1.807, 2.05) is 6.92 Å². The molecule has 4 nitrogen and oxygen atoms in total. The number of hydrogen-bond acceptors (Lipinski definition) is 3. The van der Waals surface area contributed by atoms with Crippen LogP contribution in [0.1, 0.15) is 21.8 Å². The number of amides is 1. The molecule has 2 rings (SSSR count). The van der Waals surface area contributed by atoms with Crippen molar-refractivity contribution in [1.29, 1.82) is 0 Å². The summed E-state index contributed by atoms with van der Waals surface area (Å²) in [6, 6.07) is 8.78. The Morgan fingerprint density at radius 1 is 1.44 bits per heavy atom. The highest BCUT2D eigenvalue weighted by atomic mass is 35.5. The predicted molar refractivity (Wildman–Crippen MR) is 68.5 cm³/mol. The Kier molecular flexibility index (Phi) is 3.67. The topological polar surface area (TPSA) is 46.3 Å². The van der Waals surface area contributed by atoms with Crippen molar-refractivity contribution in [2.75, 3.05) is 7.05 Å². The maximum atomic E-state index is 12.2. The van der Waals surface area contributed by atoms with Crippen molar-refractivity contribution >= 4 is 17.5 Å². The first-order valence-electron chi connectivity index (χ1n) is 5.50. The number of rotatable bonds is 3. The second kappa shape index (κ2) is 5.23. The van der Waals surface area contributed by atoms with E-state index in [1.165, 1.54) is 0 Å². The van der Waals surface area contributed by atoms with Gasteiger partial charge in [0.05, 0.1) is 17.1 Å². The van der Waals surface area contributed by atoms with Gasteiger partial charge in [0.25, 0.3) is 5.91 Å². The van der Waals surface area contributed by atoms with Gasteiger partial charge in [-0.25, -0.2) is 0 Å². The van der Waals surface area contributed by atoms with Crippen molar-refractivity contribution < 1.29 is 9.32 Å². The Morgan fingerprint density at radius 2 is 2.17 bits per heavy atom. The van der Waals surface area contributed by atoms with E-state index in [4.69, 9.17) is 16.1 Å². The smallest absolute Gasteiger partial charge is 0.255 e. The van der Waals surface area contributed by atoms with Crippen molar-refractivity contribution in [3.63, 3.8) is 0 Å². The van der Waals surface area contributed by atoms with Crippen molar-refractivity contribution in [2.24, 2.45) is 0 Å². The molecule has 0 radical (unpaired) electrons. The van der Waals surface area contributed by atoms with Crippen LogP contribution in [0, 0.1) is 6.92 Å². The molecule has 0 saturated carbocycles. The minimum absolute atomic E-state index is 0.138. The van der Waals surface area contributed by atoms with Gasteiger partial charge in [-0.05, 0) is 19.1 Å². The Labute approximate surface area is 110 Å². The van der Waals surface area contributed by atoms with E-state index in [0.29, 0.717) is 17.1 Å². The fourth-order valence-electron chi connectivity index (χ4n) is 1.65. The van der Waals surface area contributed by atoms with Crippen LogP contribution in [0.2, 0.25) is 5.02 Å². The number of hydrogen-bond donors (Lipinski definition) is 0. The summed E-state index contributed by atoms with van der Waals surface area (Å²) in [7, 11) is 1.70. The van der Waals surface area contributed by atoms with Crippen LogP contribution in [0.4, 0.5) is 0 Å². The highest BCUT2D eigenvalue weighted by Gasteiger charge is 2.15. The summed E-state index contributed by atoms with van der Waals surface area (Å²) in [6.45, 7) is 2.20. The quantitative estimate of drug-likeness (QED) is 0.856. The molecule has 0 unspecified atom stereocenters. The molecular weight excluding hydrogens is 252 g/mol. The molecule has 2 aromatic rings. The number of carbonyl (C=O) groups is 1. The van der Waals surface area contributed by atoms with Gasteiger partial charge in [-0.1, -0.05) is 28.9 Å². The minimum Gasteiger partial charge on any atom is -0.361 e. The second-order valence-electron chi connectivity index (χ2n) is 4.07. The minimum atomic E-state index is -0.138. The van der Waals surface area contributed by atoms with Gasteiger partial charge >= 0.3 is 0 Å². The average molecular weight is 265 g/mol. The van der Waals surface area contributed by atoms with E-state index in [-0.39, 0.29) is 5.91 Å². The van der Waals surface area contributed by atoms with Crippen molar-refractivity contribution in [3.05, 3.63) is 52.4 Å². The third-order valence-electron chi connectivity index (χ3n) is 2.53. The third kappa shape index (κ3) is 2.71. The Hall–Kier alpha value is -1.81. The maximum absolute atomic E-state index is 12.2. The molecule has 1 aromatic heterocycles. The molecule has 0 N–H and O–H groups in total. The Morgan fingerprint density at radius 3 is 2.78 bits per heavy atom. The van der Waals surface area contributed by atoms with Gasteiger partial charge in [0.15, 0.2) is 0 Å². The van der Waals surface area contributed by atoms with E-state index >= 15 is 0 Å². The zero-order valence-electron chi connectivity index (χ0n) is 10.2. The summed E-state index contributed by atoms with van der Waals surface area (Å²) in [5, 5.41) is 4.30. The number of halogens is 1. The molecule has 1 aromatic carbocycles. The van der Waals surface area contributed by atoms with E-state index in [0.717, 1.165) is 11.5 Å². The predicted octanol–water partition coefficient (Wildman–Crippen LogP) is 2.91. The lowest BCUT2D eigenvalue weighted by Gasteiger charge is -2.16. The molecule has 0 fully saturated rings. The van der Waals surface area contributed by atoms with Gasteiger partial charge in [0.2, 0.25) is 0 Å². The van der Waals surface area contributed by atoms with Gasteiger partial charge in [0, 0.05) is 13.1 Å². The molecule has 0 spiro atoms. The molecule has 18 heavy (non-hydrogen) atoms. The van der Waals surface area contributed by atoms with Crippen LogP contribution in [0.25, 0.3) is 0 Å². The Balaban J connectivity index is 2.12. The fraction of sp³-hybridized carbons (Fsp3) is 0.231. The second-order valence-corrected chi connectivity index (χ2v) is 4.48. The SMILES string of the molecule is Cc1cc(CN(C)C(=O)c2ccccc2Cl)no1. The number of benzene rings is 1. The van der Waals surface area contributed by atoms with Gasteiger partial charge < -0.3 is 9.42 Å². The maximum Gasteiger partial charge on any atom is 0.255 e. The lowest BCUT2D eigenvalue weighted by Crippen LogP contribution is -2.26. The fourth-order valence-corrected chi connectivity index (χ4v) is 1.86. The molecule has 0 bridgehead atoms. The van der Waals surface area contributed by atoms with E-state index in [2.05, 4.69) is 5.16 Å². The summed E-state index contributed by atoms with van der Waals surface area (Å²) in [6.07, 6.45) is 0. The first kappa shape index (κ1) is 12.6. The van der Waals surface area contributed by atoms with Gasteiger partial charge in [-0.3, -0.25) is 4.79 Å². The number of nitrogens with zero attached hydrogens (tertiary/aromatic N) is 2. The monoisotopic (exact) mass is 264 g/mol. The zero-order chi connectivity index (χ0) is 13.1. The lowest BCUT2D eigenvalue weighted by atomic mass is 10.2. The summed E-state index contributed by atoms with van der Waals surface area (Å²) < 4.78 is 4.96. The van der Waals surface area contributed by atoms with Gasteiger partial charge in [-0.2, -0.15) is 0 Å². The first-order valence-corrected chi connectivity index (χ1v) is 5.88. The van der Waals surface area contributed by atoms with Crippen molar-refractivity contribution in [3.8, 4) is 0 Å². The van der Waals surface area contributed by atoms with E-state index in [1.54, 1.807) is 42.3 Å². The first-order chi connectivity index (χ1) is 8.58. The third-order valence-corrected chi connectivity index (χ3v) is 2.86. The summed E-state index contributed by atoms with van der Waals surface area (Å²) in [4.78, 5) is 13.7. The molecular formula is C13H13ClN2O2. The zero-order valence-corrected chi connectivity index (χ0v) is 10.9. The van der Waals surface area contributed by atoms with Crippen LogP contribution in [0.3, 0.4) is 0 Å². The average Bonchev–Trinajstić information content (AvgIpc) is 2.74. The highest BCUT2D eigenvalue weighted by molar-refractivity contribution is 6.33. The molecule has 1 heterocycles. The van der Waals surface area contributed by atoms with Crippen molar-refractivity contribution in [1.82, 2.24) is 10.1 Å². The number of carbonyl (C=O) groups excluding carboxylic acids is 1. The molecule has 5 heteroatoms. The number of aryl methyl sites for hydroxylation is 1.